The molecule has 3 heteroatoms. The van der Waals surface area contributed by atoms with Crippen LogP contribution in [0.4, 0.5) is 0 Å². The van der Waals surface area contributed by atoms with Gasteiger partial charge in [0.25, 0.3) is 0 Å². The average molecular weight is 249 g/mol. The van der Waals surface area contributed by atoms with Gasteiger partial charge < -0.3 is 9.47 Å². The molecule has 0 aromatic carbocycles. The summed E-state index contributed by atoms with van der Waals surface area (Å²) in [6, 6.07) is 0. The quantitative estimate of drug-likeness (QED) is 0.658. The zero-order chi connectivity index (χ0) is 12.0. The molecule has 5 bridgehead atoms. The summed E-state index contributed by atoms with van der Waals surface area (Å²) in [6.07, 6.45) is 9.44. The smallest absolute Gasteiger partial charge is 0.119 e. The Hall–Kier alpha value is -0.120. The molecule has 4 aliphatic heterocycles. The van der Waals surface area contributed by atoms with Crippen LogP contribution in [0.1, 0.15) is 45.4 Å². The number of hydrogen-bond acceptors (Lipinski definition) is 3. The van der Waals surface area contributed by atoms with Crippen LogP contribution in [0.2, 0.25) is 0 Å². The molecule has 6 rings (SSSR count). The molecule has 3 nitrogen and oxygen atoms in total. The van der Waals surface area contributed by atoms with Crippen LogP contribution >= 0.6 is 0 Å². The maximum absolute atomic E-state index is 6.44. The van der Waals surface area contributed by atoms with Crippen LogP contribution in [-0.4, -0.2) is 36.6 Å². The second-order valence-electron chi connectivity index (χ2n) is 7.49. The third kappa shape index (κ3) is 0.981. The molecule has 4 saturated heterocycles. The van der Waals surface area contributed by atoms with Crippen molar-refractivity contribution in [3.63, 3.8) is 0 Å². The fourth-order valence-corrected chi connectivity index (χ4v) is 6.27. The Labute approximate surface area is 109 Å². The minimum Gasteiger partial charge on any atom is -0.361 e. The molecule has 0 aromatic rings. The molecule has 1 spiro atoms. The highest BCUT2D eigenvalue weighted by molar-refractivity contribution is 5.15. The van der Waals surface area contributed by atoms with Crippen LogP contribution in [0.25, 0.3) is 0 Å². The Morgan fingerprint density at radius 1 is 1.17 bits per heavy atom. The summed E-state index contributed by atoms with van der Waals surface area (Å²) in [5.41, 5.74) is 0.875. The molecule has 6 aliphatic rings. The van der Waals surface area contributed by atoms with Gasteiger partial charge in [0, 0.05) is 17.4 Å². The van der Waals surface area contributed by atoms with E-state index in [9.17, 15) is 0 Å². The molecule has 6 atom stereocenters. The molecule has 3 unspecified atom stereocenters. The maximum atomic E-state index is 6.44. The lowest BCUT2D eigenvalue weighted by atomic mass is 9.45. The van der Waals surface area contributed by atoms with Crippen molar-refractivity contribution >= 4 is 0 Å². The summed E-state index contributed by atoms with van der Waals surface area (Å²) in [5, 5.41) is 0. The van der Waals surface area contributed by atoms with E-state index in [0.717, 1.165) is 19.1 Å². The monoisotopic (exact) mass is 249 g/mol. The van der Waals surface area contributed by atoms with E-state index in [0.29, 0.717) is 29.4 Å². The van der Waals surface area contributed by atoms with Gasteiger partial charge in [0.2, 0.25) is 0 Å². The minimum atomic E-state index is 0.347. The van der Waals surface area contributed by atoms with Gasteiger partial charge in [0.05, 0.1) is 12.7 Å². The minimum absolute atomic E-state index is 0.347. The van der Waals surface area contributed by atoms with Gasteiger partial charge in [-0.25, -0.2) is 4.90 Å². The first-order valence-electron chi connectivity index (χ1n) is 7.77. The summed E-state index contributed by atoms with van der Waals surface area (Å²) in [4.78, 5) is 2.58. The molecular weight excluding hydrogens is 226 g/mol. The fourth-order valence-electron chi connectivity index (χ4n) is 6.27. The lowest BCUT2D eigenvalue weighted by molar-refractivity contribution is -0.355. The second-order valence-corrected chi connectivity index (χ2v) is 7.49. The Bertz CT molecular complexity index is 396. The van der Waals surface area contributed by atoms with Crippen molar-refractivity contribution in [2.75, 3.05) is 13.2 Å². The summed E-state index contributed by atoms with van der Waals surface area (Å²) >= 11 is 0. The topological polar surface area (TPSA) is 21.7 Å². The molecule has 0 N–H and O–H groups in total. The van der Waals surface area contributed by atoms with Gasteiger partial charge in [-0.2, -0.15) is 0 Å². The highest BCUT2D eigenvalue weighted by Gasteiger charge is 2.70. The van der Waals surface area contributed by atoms with Crippen LogP contribution < -0.4 is 0 Å². The first-order chi connectivity index (χ1) is 8.74. The van der Waals surface area contributed by atoms with Crippen LogP contribution in [0.3, 0.4) is 0 Å². The van der Waals surface area contributed by atoms with Crippen molar-refractivity contribution in [1.82, 2.24) is 4.90 Å². The van der Waals surface area contributed by atoms with Gasteiger partial charge in [-0.3, -0.25) is 0 Å². The second kappa shape index (κ2) is 3.13. The number of hydrogen-bond donors (Lipinski definition) is 0. The first kappa shape index (κ1) is 10.6. The van der Waals surface area contributed by atoms with Crippen LogP contribution in [0, 0.1) is 16.7 Å². The van der Waals surface area contributed by atoms with Crippen molar-refractivity contribution in [2.45, 2.75) is 64.0 Å². The van der Waals surface area contributed by atoms with E-state index in [1.165, 1.54) is 38.5 Å². The van der Waals surface area contributed by atoms with E-state index in [-0.39, 0.29) is 0 Å². The van der Waals surface area contributed by atoms with Gasteiger partial charge in [-0.15, -0.1) is 0 Å². The average Bonchev–Trinajstić information content (AvgIpc) is 2.86. The number of ether oxygens (including phenoxy) is 2. The summed E-state index contributed by atoms with van der Waals surface area (Å²) < 4.78 is 12.6. The normalized spacial score (nSPS) is 61.8. The van der Waals surface area contributed by atoms with Crippen molar-refractivity contribution in [2.24, 2.45) is 16.7 Å². The van der Waals surface area contributed by atoms with E-state index >= 15 is 0 Å². The Morgan fingerprint density at radius 2 is 2.11 bits per heavy atom. The Morgan fingerprint density at radius 3 is 3.06 bits per heavy atom. The SMILES string of the molecule is C[C@@]12CCCC34CC[C@H](C[C@@H]31)OC4N1CCOC12. The van der Waals surface area contributed by atoms with Gasteiger partial charge in [-0.1, -0.05) is 13.3 Å². The van der Waals surface area contributed by atoms with E-state index in [2.05, 4.69) is 11.8 Å². The van der Waals surface area contributed by atoms with Crippen molar-refractivity contribution in [3.05, 3.63) is 0 Å². The zero-order valence-corrected chi connectivity index (χ0v) is 11.2. The maximum Gasteiger partial charge on any atom is 0.119 e. The van der Waals surface area contributed by atoms with Gasteiger partial charge in [0.15, 0.2) is 0 Å². The molecule has 4 heterocycles. The van der Waals surface area contributed by atoms with Crippen LogP contribution in [0.5, 0.6) is 0 Å². The summed E-state index contributed by atoms with van der Waals surface area (Å²) in [6.45, 7) is 4.51. The summed E-state index contributed by atoms with van der Waals surface area (Å²) in [5.74, 6) is 0.857. The van der Waals surface area contributed by atoms with Gasteiger partial charge in [-0.05, 0) is 38.0 Å². The highest BCUT2D eigenvalue weighted by Crippen LogP contribution is 2.69. The molecule has 2 aliphatic carbocycles. The molecule has 0 radical (unpaired) electrons. The standard InChI is InChI=1S/C15H23NO2/c1-14-4-2-5-15-6-3-10(9-11(14)15)18-13(15)16-7-8-17-12(14)16/h10-13H,2-9H2,1H3/t10-,11-,12?,13?,14-,15?/m1/s1. The van der Waals surface area contributed by atoms with E-state index in [4.69, 9.17) is 9.47 Å². The summed E-state index contributed by atoms with van der Waals surface area (Å²) in [7, 11) is 0. The molecule has 2 saturated carbocycles. The van der Waals surface area contributed by atoms with E-state index in [1.54, 1.807) is 0 Å². The van der Waals surface area contributed by atoms with E-state index < -0.39 is 0 Å². The third-order valence-corrected chi connectivity index (χ3v) is 6.88. The van der Waals surface area contributed by atoms with Gasteiger partial charge in [0.1, 0.15) is 12.5 Å². The molecule has 18 heavy (non-hydrogen) atoms. The number of piperidine rings is 1. The zero-order valence-electron chi connectivity index (χ0n) is 11.2. The predicted molar refractivity (Wildman–Crippen MR) is 66.8 cm³/mol. The highest BCUT2D eigenvalue weighted by atomic mass is 16.6. The molecule has 0 amide bonds. The van der Waals surface area contributed by atoms with Crippen molar-refractivity contribution in [3.8, 4) is 0 Å². The molecular formula is C15H23NO2. The molecule has 100 valence electrons. The number of nitrogens with zero attached hydrogens (tertiary/aromatic N) is 1. The first-order valence-corrected chi connectivity index (χ1v) is 7.77. The van der Waals surface area contributed by atoms with Crippen molar-refractivity contribution in [1.29, 1.82) is 0 Å². The van der Waals surface area contributed by atoms with Crippen LogP contribution in [-0.2, 0) is 9.47 Å². The van der Waals surface area contributed by atoms with Crippen LogP contribution in [0.15, 0.2) is 0 Å². The largest absolute Gasteiger partial charge is 0.361 e. The third-order valence-electron chi connectivity index (χ3n) is 6.88. The van der Waals surface area contributed by atoms with E-state index in [1.807, 2.05) is 0 Å². The lowest BCUT2D eigenvalue weighted by Crippen LogP contribution is -2.74. The molecule has 0 aromatic heterocycles. The molecule has 6 fully saturated rings. The predicted octanol–water partition coefficient (Wildman–Crippen LogP) is 2.36. The van der Waals surface area contributed by atoms with Gasteiger partial charge >= 0.3 is 0 Å². The Balaban J connectivity index is 1.70. The number of fused-ring (bicyclic) bond motifs is 3. The number of rotatable bonds is 0. The Kier molecular flexibility index (Phi) is 1.85. The lowest BCUT2D eigenvalue weighted by Gasteiger charge is -2.71. The fraction of sp³-hybridized carbons (Fsp3) is 1.00. The van der Waals surface area contributed by atoms with Crippen molar-refractivity contribution < 1.29 is 9.47 Å².